The third-order valence-electron chi connectivity index (χ3n) is 5.27. The molecule has 29 heavy (non-hydrogen) atoms. The smallest absolute Gasteiger partial charge is 0.257 e. The van der Waals surface area contributed by atoms with E-state index in [-0.39, 0.29) is 5.91 Å². The number of rotatable bonds is 6. The zero-order valence-corrected chi connectivity index (χ0v) is 16.7. The molecule has 1 aliphatic rings. The molecule has 5 heteroatoms. The van der Waals surface area contributed by atoms with Gasteiger partial charge in [-0.2, -0.15) is 0 Å². The van der Waals surface area contributed by atoms with E-state index in [4.69, 9.17) is 0 Å². The molecule has 0 bridgehead atoms. The van der Waals surface area contributed by atoms with Gasteiger partial charge in [0.05, 0.1) is 17.4 Å². The lowest BCUT2D eigenvalue weighted by Crippen LogP contribution is -2.17. The van der Waals surface area contributed by atoms with Crippen LogP contribution in [-0.4, -0.2) is 24.0 Å². The minimum atomic E-state index is -0.161. The van der Waals surface area contributed by atoms with Gasteiger partial charge in [0.2, 0.25) is 0 Å². The zero-order valence-electron chi connectivity index (χ0n) is 16.7. The van der Waals surface area contributed by atoms with Crippen molar-refractivity contribution >= 4 is 28.7 Å². The zero-order chi connectivity index (χ0) is 20.1. The summed E-state index contributed by atoms with van der Waals surface area (Å²) in [5.41, 5.74) is 5.50. The summed E-state index contributed by atoms with van der Waals surface area (Å²) in [4.78, 5) is 19.3. The Morgan fingerprint density at radius 2 is 1.76 bits per heavy atom. The molecular formula is C24H26N4O. The third-order valence-corrected chi connectivity index (χ3v) is 5.27. The quantitative estimate of drug-likeness (QED) is 0.608. The van der Waals surface area contributed by atoms with Crippen LogP contribution in [0.3, 0.4) is 0 Å². The molecule has 1 aromatic heterocycles. The summed E-state index contributed by atoms with van der Waals surface area (Å²) in [6.45, 7) is 4.34. The first-order valence-corrected chi connectivity index (χ1v) is 10.2. The number of benzene rings is 2. The van der Waals surface area contributed by atoms with Gasteiger partial charge in [-0.05, 0) is 61.2 Å². The number of carbonyl (C=O) groups is 1. The minimum Gasteiger partial charge on any atom is -0.372 e. The Balaban J connectivity index is 1.45. The molecule has 2 heterocycles. The molecule has 0 saturated carbocycles. The van der Waals surface area contributed by atoms with Gasteiger partial charge in [0.1, 0.15) is 0 Å². The van der Waals surface area contributed by atoms with Gasteiger partial charge >= 0.3 is 0 Å². The molecule has 2 aromatic carbocycles. The SMILES string of the molecule is CCc1ccccc1NC(=O)c1cncc(Nc2ccc(N3CCCC3)cc2)c1. The summed E-state index contributed by atoms with van der Waals surface area (Å²) >= 11 is 0. The van der Waals surface area contributed by atoms with E-state index in [9.17, 15) is 4.79 Å². The largest absolute Gasteiger partial charge is 0.372 e. The normalized spacial score (nSPS) is 13.3. The van der Waals surface area contributed by atoms with E-state index in [0.29, 0.717) is 5.56 Å². The van der Waals surface area contributed by atoms with Crippen LogP contribution < -0.4 is 15.5 Å². The molecule has 0 atom stereocenters. The van der Waals surface area contributed by atoms with Gasteiger partial charge in [-0.3, -0.25) is 9.78 Å². The van der Waals surface area contributed by atoms with Crippen molar-refractivity contribution in [3.05, 3.63) is 78.1 Å². The Labute approximate surface area is 171 Å². The van der Waals surface area contributed by atoms with E-state index in [0.717, 1.165) is 42.1 Å². The number of aryl methyl sites for hydroxylation is 1. The van der Waals surface area contributed by atoms with Crippen molar-refractivity contribution in [2.24, 2.45) is 0 Å². The van der Waals surface area contributed by atoms with Crippen molar-refractivity contribution in [3.8, 4) is 0 Å². The van der Waals surface area contributed by atoms with E-state index in [1.165, 1.54) is 18.5 Å². The Morgan fingerprint density at radius 1 is 1.00 bits per heavy atom. The molecule has 0 aliphatic carbocycles. The molecule has 4 rings (SSSR count). The fourth-order valence-electron chi connectivity index (χ4n) is 3.68. The topological polar surface area (TPSA) is 57.3 Å². The van der Waals surface area contributed by atoms with Crippen LogP contribution in [0.1, 0.15) is 35.7 Å². The van der Waals surface area contributed by atoms with E-state index in [2.05, 4.69) is 51.7 Å². The molecule has 1 aliphatic heterocycles. The van der Waals surface area contributed by atoms with E-state index >= 15 is 0 Å². The van der Waals surface area contributed by atoms with Gasteiger partial charge in [0.25, 0.3) is 5.91 Å². The number of nitrogens with zero attached hydrogens (tertiary/aromatic N) is 2. The highest BCUT2D eigenvalue weighted by Gasteiger charge is 2.12. The summed E-state index contributed by atoms with van der Waals surface area (Å²) in [6.07, 6.45) is 6.72. The molecule has 3 aromatic rings. The Hall–Kier alpha value is -3.34. The predicted octanol–water partition coefficient (Wildman–Crippen LogP) is 5.24. The van der Waals surface area contributed by atoms with E-state index in [1.54, 1.807) is 12.4 Å². The van der Waals surface area contributed by atoms with Crippen LogP contribution in [-0.2, 0) is 6.42 Å². The predicted molar refractivity (Wildman–Crippen MR) is 119 cm³/mol. The highest BCUT2D eigenvalue weighted by Crippen LogP contribution is 2.24. The summed E-state index contributed by atoms with van der Waals surface area (Å²) < 4.78 is 0. The average Bonchev–Trinajstić information content (AvgIpc) is 3.30. The maximum Gasteiger partial charge on any atom is 0.257 e. The number of hydrogen-bond acceptors (Lipinski definition) is 4. The monoisotopic (exact) mass is 386 g/mol. The maximum atomic E-state index is 12.7. The molecule has 5 nitrogen and oxygen atoms in total. The summed E-state index contributed by atoms with van der Waals surface area (Å²) in [5, 5.41) is 6.34. The molecule has 1 amide bonds. The lowest BCUT2D eigenvalue weighted by atomic mass is 10.1. The van der Waals surface area contributed by atoms with Crippen molar-refractivity contribution in [2.45, 2.75) is 26.2 Å². The standard InChI is InChI=1S/C24H26N4O/c1-2-18-7-3-4-8-23(18)27-24(29)19-15-21(17-25-16-19)26-20-9-11-22(12-10-20)28-13-5-6-14-28/h3-4,7-12,15-17,26H,2,5-6,13-14H2,1H3,(H,27,29). The van der Waals surface area contributed by atoms with Gasteiger partial charge in [-0.25, -0.2) is 0 Å². The van der Waals surface area contributed by atoms with Gasteiger partial charge < -0.3 is 15.5 Å². The number of anilines is 4. The van der Waals surface area contributed by atoms with E-state index in [1.807, 2.05) is 30.3 Å². The van der Waals surface area contributed by atoms with Crippen LogP contribution in [0.2, 0.25) is 0 Å². The van der Waals surface area contributed by atoms with Crippen molar-refractivity contribution in [2.75, 3.05) is 28.6 Å². The second-order valence-corrected chi connectivity index (χ2v) is 7.29. The van der Waals surface area contributed by atoms with Gasteiger partial charge in [0, 0.05) is 36.3 Å². The number of nitrogens with one attached hydrogen (secondary N) is 2. The number of carbonyl (C=O) groups excluding carboxylic acids is 1. The summed E-state index contributed by atoms with van der Waals surface area (Å²) in [5.74, 6) is -0.161. The van der Waals surface area contributed by atoms with Gasteiger partial charge in [-0.15, -0.1) is 0 Å². The Morgan fingerprint density at radius 3 is 2.52 bits per heavy atom. The van der Waals surface area contributed by atoms with E-state index < -0.39 is 0 Å². The van der Waals surface area contributed by atoms with Crippen LogP contribution in [0.25, 0.3) is 0 Å². The number of pyridine rings is 1. The van der Waals surface area contributed by atoms with Crippen molar-refractivity contribution < 1.29 is 4.79 Å². The first-order valence-electron chi connectivity index (χ1n) is 10.2. The number of hydrogen-bond donors (Lipinski definition) is 2. The second-order valence-electron chi connectivity index (χ2n) is 7.29. The summed E-state index contributed by atoms with van der Waals surface area (Å²) in [7, 11) is 0. The highest BCUT2D eigenvalue weighted by atomic mass is 16.1. The fourth-order valence-corrected chi connectivity index (χ4v) is 3.68. The Kier molecular flexibility index (Phi) is 5.75. The maximum absolute atomic E-state index is 12.7. The van der Waals surface area contributed by atoms with Crippen LogP contribution in [0, 0.1) is 0 Å². The lowest BCUT2D eigenvalue weighted by molar-refractivity contribution is 0.102. The van der Waals surface area contributed by atoms with Crippen LogP contribution in [0.15, 0.2) is 67.0 Å². The second kappa shape index (κ2) is 8.78. The highest BCUT2D eigenvalue weighted by molar-refractivity contribution is 6.05. The molecule has 148 valence electrons. The van der Waals surface area contributed by atoms with Crippen LogP contribution >= 0.6 is 0 Å². The van der Waals surface area contributed by atoms with Gasteiger partial charge in [0.15, 0.2) is 0 Å². The van der Waals surface area contributed by atoms with Crippen molar-refractivity contribution in [1.82, 2.24) is 4.98 Å². The number of para-hydroxylation sites is 1. The fraction of sp³-hybridized carbons (Fsp3) is 0.250. The minimum absolute atomic E-state index is 0.161. The van der Waals surface area contributed by atoms with Crippen LogP contribution in [0.5, 0.6) is 0 Å². The molecular weight excluding hydrogens is 360 g/mol. The van der Waals surface area contributed by atoms with Gasteiger partial charge in [-0.1, -0.05) is 25.1 Å². The average molecular weight is 386 g/mol. The third kappa shape index (κ3) is 4.57. The number of amides is 1. The first-order chi connectivity index (χ1) is 14.2. The molecule has 2 N–H and O–H groups in total. The van der Waals surface area contributed by atoms with Crippen molar-refractivity contribution in [1.29, 1.82) is 0 Å². The van der Waals surface area contributed by atoms with Crippen LogP contribution in [0.4, 0.5) is 22.7 Å². The molecule has 1 saturated heterocycles. The molecule has 0 unspecified atom stereocenters. The number of aromatic nitrogens is 1. The van der Waals surface area contributed by atoms with Crippen molar-refractivity contribution in [3.63, 3.8) is 0 Å². The molecule has 0 spiro atoms. The lowest BCUT2D eigenvalue weighted by Gasteiger charge is -2.18. The first kappa shape index (κ1) is 19.0. The molecule has 1 fully saturated rings. The molecule has 0 radical (unpaired) electrons. The summed E-state index contributed by atoms with van der Waals surface area (Å²) in [6, 6.07) is 18.1. The Bertz CT molecular complexity index is 978.